The monoisotopic (exact) mass is 514 g/mol. The molecule has 0 radical (unpaired) electrons. The third-order valence-electron chi connectivity index (χ3n) is 9.42. The molecular formula is C25H37Cl2N2O3P. The molecule has 0 bridgehead atoms. The van der Waals surface area contributed by atoms with E-state index in [0.717, 1.165) is 44.4 Å². The molecule has 0 amide bonds. The number of hydrogen-bond acceptors (Lipinski definition) is 3. The first-order valence-corrected chi connectivity index (χ1v) is 15.1. The molecule has 1 spiro atoms. The Labute approximate surface area is 208 Å². The smallest absolute Gasteiger partial charge is 0.344 e. The van der Waals surface area contributed by atoms with E-state index >= 15 is 0 Å². The lowest BCUT2D eigenvalue weighted by molar-refractivity contribution is -0.0990. The molecule has 0 unspecified atom stereocenters. The van der Waals surface area contributed by atoms with E-state index in [9.17, 15) is 4.57 Å². The summed E-state index contributed by atoms with van der Waals surface area (Å²) in [6.45, 7) is 4.18. The summed E-state index contributed by atoms with van der Waals surface area (Å²) in [5.74, 6) is 3.67. The molecule has 1 saturated heterocycles. The van der Waals surface area contributed by atoms with Crippen molar-refractivity contribution in [3.05, 3.63) is 29.3 Å². The van der Waals surface area contributed by atoms with Crippen LogP contribution in [-0.4, -0.2) is 48.8 Å². The van der Waals surface area contributed by atoms with E-state index in [1.54, 1.807) is 7.11 Å². The second-order valence-electron chi connectivity index (χ2n) is 10.6. The quantitative estimate of drug-likeness (QED) is 0.362. The maximum atomic E-state index is 14.1. The van der Waals surface area contributed by atoms with Gasteiger partial charge in [0, 0.05) is 36.8 Å². The molecule has 1 aromatic carbocycles. The van der Waals surface area contributed by atoms with Crippen LogP contribution in [0.2, 0.25) is 0 Å². The van der Waals surface area contributed by atoms with Crippen molar-refractivity contribution >= 4 is 30.9 Å². The highest BCUT2D eigenvalue weighted by Crippen LogP contribution is 2.70. The van der Waals surface area contributed by atoms with Crippen LogP contribution in [0.25, 0.3) is 0 Å². The Morgan fingerprint density at radius 3 is 2.70 bits per heavy atom. The minimum Gasteiger partial charge on any atom is -0.497 e. The lowest BCUT2D eigenvalue weighted by Crippen LogP contribution is -2.56. The van der Waals surface area contributed by atoms with Gasteiger partial charge < -0.3 is 4.74 Å². The van der Waals surface area contributed by atoms with Crippen molar-refractivity contribution in [1.82, 2.24) is 9.76 Å². The third-order valence-corrected chi connectivity index (χ3v) is 12.1. The maximum Gasteiger partial charge on any atom is 0.344 e. The van der Waals surface area contributed by atoms with Crippen molar-refractivity contribution in [2.75, 3.05) is 38.5 Å². The summed E-state index contributed by atoms with van der Waals surface area (Å²) >= 11 is 12.1. The summed E-state index contributed by atoms with van der Waals surface area (Å²) in [7, 11) is -1.43. The number of rotatable bonds is 6. The van der Waals surface area contributed by atoms with Crippen LogP contribution in [-0.2, 0) is 15.5 Å². The molecule has 5 rings (SSSR count). The van der Waals surface area contributed by atoms with Crippen LogP contribution in [0.4, 0.5) is 0 Å². The fourth-order valence-corrected chi connectivity index (χ4v) is 10.8. The van der Waals surface area contributed by atoms with Crippen molar-refractivity contribution < 1.29 is 13.8 Å². The number of ether oxygens (including phenoxy) is 1. The normalized spacial score (nSPS) is 39.8. The highest BCUT2D eigenvalue weighted by molar-refractivity contribution is 7.54. The molecule has 1 heterocycles. The molecule has 5 nitrogen and oxygen atoms in total. The first-order chi connectivity index (χ1) is 15.9. The molecule has 6 atom stereocenters. The molecule has 0 aromatic heterocycles. The standard InChI is InChI=1S/C25H37Cl2N2O3P/c1-24-9-7-21-20-6-4-19(31-2)17-18(20)3-5-22(21)23(24)8-10-25(24)11-14-28-33(30,32-25)29(15-12-26)16-13-27/h4,6,17,21-23H,3,5,7-16H2,1-2H3,(H,28,30)/t21-,22-,23-,24-,25-,33-/m1/s1. The van der Waals surface area contributed by atoms with Crippen molar-refractivity contribution in [3.8, 4) is 5.75 Å². The minimum atomic E-state index is -3.18. The van der Waals surface area contributed by atoms with Gasteiger partial charge in [-0.25, -0.2) is 9.76 Å². The number of nitrogens with one attached hydrogen (secondary N) is 1. The number of nitrogens with zero attached hydrogens (tertiary/aromatic N) is 1. The third kappa shape index (κ3) is 3.90. The summed E-state index contributed by atoms with van der Waals surface area (Å²) in [6, 6.07) is 6.67. The molecule has 8 heteroatoms. The lowest BCUT2D eigenvalue weighted by atomic mass is 9.53. The van der Waals surface area contributed by atoms with Gasteiger partial charge in [0.1, 0.15) is 5.75 Å². The average molecular weight is 515 g/mol. The fourth-order valence-electron chi connectivity index (χ4n) is 7.78. The van der Waals surface area contributed by atoms with E-state index in [2.05, 4.69) is 30.2 Å². The van der Waals surface area contributed by atoms with Gasteiger partial charge in [-0.2, -0.15) is 0 Å². The van der Waals surface area contributed by atoms with Crippen LogP contribution in [0.3, 0.4) is 0 Å². The number of fused-ring (bicyclic) bond motifs is 6. The van der Waals surface area contributed by atoms with Crippen LogP contribution in [0.15, 0.2) is 18.2 Å². The highest BCUT2D eigenvalue weighted by Gasteiger charge is 2.65. The van der Waals surface area contributed by atoms with Crippen molar-refractivity contribution in [2.45, 2.75) is 63.4 Å². The predicted octanol–water partition coefficient (Wildman–Crippen LogP) is 6.19. The van der Waals surface area contributed by atoms with Crippen LogP contribution < -0.4 is 9.82 Å². The Hall–Kier alpha value is -0.290. The zero-order chi connectivity index (χ0) is 23.3. The Bertz CT molecular complexity index is 927. The Morgan fingerprint density at radius 2 is 1.97 bits per heavy atom. The predicted molar refractivity (Wildman–Crippen MR) is 135 cm³/mol. The molecule has 3 aliphatic carbocycles. The number of halogens is 2. The molecule has 4 aliphatic rings. The topological polar surface area (TPSA) is 50.8 Å². The average Bonchev–Trinajstić information content (AvgIpc) is 3.09. The number of alkyl halides is 2. The Balaban J connectivity index is 1.42. The van der Waals surface area contributed by atoms with Crippen LogP contribution in [0, 0.1) is 17.3 Å². The maximum absolute atomic E-state index is 14.1. The SMILES string of the molecule is COc1ccc2c(c1)CC[C@@H]1[C@@H]2CC[C@]2(C)[C@@H]1CC[C@@]21CCN[P@](=O)(N(CCCl)CCCl)O1. The van der Waals surface area contributed by atoms with E-state index in [0.29, 0.717) is 42.6 Å². The van der Waals surface area contributed by atoms with Gasteiger partial charge in [-0.3, -0.25) is 9.09 Å². The molecule has 1 N–H and O–H groups in total. The van der Waals surface area contributed by atoms with E-state index in [-0.39, 0.29) is 11.0 Å². The van der Waals surface area contributed by atoms with Gasteiger partial charge >= 0.3 is 7.67 Å². The lowest BCUT2D eigenvalue weighted by Gasteiger charge is -2.56. The minimum absolute atomic E-state index is 0.0451. The molecule has 3 fully saturated rings. The molecule has 1 aromatic rings. The first kappa shape index (κ1) is 24.4. The Kier molecular flexibility index (Phi) is 6.88. The van der Waals surface area contributed by atoms with Gasteiger partial charge in [-0.05, 0) is 86.0 Å². The highest BCUT2D eigenvalue weighted by atomic mass is 35.5. The van der Waals surface area contributed by atoms with Gasteiger partial charge in [0.05, 0.1) is 12.7 Å². The number of benzene rings is 1. The van der Waals surface area contributed by atoms with Gasteiger partial charge in [-0.1, -0.05) is 13.0 Å². The van der Waals surface area contributed by atoms with Crippen LogP contribution >= 0.6 is 30.9 Å². The molecular weight excluding hydrogens is 478 g/mol. The summed E-state index contributed by atoms with van der Waals surface area (Å²) in [6.07, 6.45) is 7.71. The molecule has 2 saturated carbocycles. The first-order valence-electron chi connectivity index (χ1n) is 12.5. The zero-order valence-electron chi connectivity index (χ0n) is 19.8. The molecule has 1 aliphatic heterocycles. The second-order valence-corrected chi connectivity index (χ2v) is 13.4. The fraction of sp³-hybridized carbons (Fsp3) is 0.760. The van der Waals surface area contributed by atoms with Gasteiger partial charge in [0.15, 0.2) is 0 Å². The Morgan fingerprint density at radius 1 is 1.18 bits per heavy atom. The zero-order valence-corrected chi connectivity index (χ0v) is 22.2. The van der Waals surface area contributed by atoms with Crippen molar-refractivity contribution in [3.63, 3.8) is 0 Å². The second kappa shape index (κ2) is 9.30. The van der Waals surface area contributed by atoms with Gasteiger partial charge in [0.2, 0.25) is 0 Å². The number of methoxy groups -OCH3 is 1. The number of aryl methyl sites for hydroxylation is 1. The summed E-state index contributed by atoms with van der Waals surface area (Å²) in [5, 5.41) is 3.24. The van der Waals surface area contributed by atoms with Crippen LogP contribution in [0.1, 0.15) is 62.5 Å². The number of hydrogen-bond donors (Lipinski definition) is 1. The van der Waals surface area contributed by atoms with Crippen LogP contribution in [0.5, 0.6) is 5.75 Å². The van der Waals surface area contributed by atoms with Crippen molar-refractivity contribution in [2.24, 2.45) is 17.3 Å². The summed E-state index contributed by atoms with van der Waals surface area (Å²) in [4.78, 5) is 0. The molecule has 184 valence electrons. The van der Waals surface area contributed by atoms with E-state index < -0.39 is 7.67 Å². The van der Waals surface area contributed by atoms with E-state index in [1.165, 1.54) is 24.0 Å². The van der Waals surface area contributed by atoms with Gasteiger partial charge in [-0.15, -0.1) is 23.2 Å². The van der Waals surface area contributed by atoms with Crippen molar-refractivity contribution in [1.29, 1.82) is 0 Å². The summed E-state index contributed by atoms with van der Waals surface area (Å²) < 4.78 is 28.2. The molecule has 33 heavy (non-hydrogen) atoms. The summed E-state index contributed by atoms with van der Waals surface area (Å²) in [5.41, 5.74) is 2.71. The van der Waals surface area contributed by atoms with E-state index in [4.69, 9.17) is 32.5 Å². The van der Waals surface area contributed by atoms with E-state index in [1.807, 2.05) is 4.67 Å². The van der Waals surface area contributed by atoms with Gasteiger partial charge in [0.25, 0.3) is 0 Å². The largest absolute Gasteiger partial charge is 0.497 e.